The van der Waals surface area contributed by atoms with Gasteiger partial charge in [0.15, 0.2) is 0 Å². The summed E-state index contributed by atoms with van der Waals surface area (Å²) in [5.74, 6) is 0.962. The highest BCUT2D eigenvalue weighted by molar-refractivity contribution is 7.98. The number of methoxy groups -OCH3 is 1. The van der Waals surface area contributed by atoms with Crippen molar-refractivity contribution >= 4 is 40.9 Å². The molecule has 0 aliphatic carbocycles. The van der Waals surface area contributed by atoms with E-state index in [1.54, 1.807) is 17.8 Å². The molecule has 106 valence electrons. The molecular weight excluding hydrogens is 307 g/mol. The fourth-order valence-corrected chi connectivity index (χ4v) is 3.29. The Balaban J connectivity index is 2.44. The molecular formula is C12H16Cl2N2O2S. The van der Waals surface area contributed by atoms with Gasteiger partial charge in [-0.05, 0) is 25.2 Å². The lowest BCUT2D eigenvalue weighted by atomic mass is 10.2. The number of nitrogens with two attached hydrogens (primary N) is 1. The van der Waals surface area contributed by atoms with Crippen molar-refractivity contribution in [1.82, 2.24) is 4.98 Å². The Labute approximate surface area is 127 Å². The zero-order valence-corrected chi connectivity index (χ0v) is 13.1. The Hall–Kier alpha value is -0.490. The standard InChI is InChI=1S/C12H16Cl2N2O2S/c1-7-5-9(13)8(11(14)16-7)6-19-4-3-10(15)12(17)18-2/h5,10H,3-4,6,15H2,1-2H3. The number of thioether (sulfide) groups is 1. The summed E-state index contributed by atoms with van der Waals surface area (Å²) in [5, 5.41) is 1.04. The minimum atomic E-state index is -0.584. The Morgan fingerprint density at radius 3 is 2.84 bits per heavy atom. The first kappa shape index (κ1) is 16.6. The van der Waals surface area contributed by atoms with Gasteiger partial charge in [-0.2, -0.15) is 11.8 Å². The number of aromatic nitrogens is 1. The van der Waals surface area contributed by atoms with Crippen LogP contribution in [0.15, 0.2) is 6.07 Å². The molecule has 0 radical (unpaired) electrons. The highest BCUT2D eigenvalue weighted by Crippen LogP contribution is 2.28. The molecule has 0 aromatic carbocycles. The van der Waals surface area contributed by atoms with Crippen LogP contribution >= 0.6 is 35.0 Å². The maximum atomic E-state index is 11.1. The molecule has 0 amide bonds. The SMILES string of the molecule is COC(=O)C(N)CCSCc1c(Cl)cc(C)nc1Cl. The second-order valence-electron chi connectivity index (χ2n) is 3.99. The number of hydrogen-bond donors (Lipinski definition) is 1. The topological polar surface area (TPSA) is 65.2 Å². The molecule has 0 aliphatic heterocycles. The van der Waals surface area contributed by atoms with Crippen LogP contribution in [0.25, 0.3) is 0 Å². The van der Waals surface area contributed by atoms with E-state index in [9.17, 15) is 4.79 Å². The summed E-state index contributed by atoms with van der Waals surface area (Å²) in [7, 11) is 1.33. The quantitative estimate of drug-likeness (QED) is 0.495. The summed E-state index contributed by atoms with van der Waals surface area (Å²) in [5.41, 5.74) is 7.23. The second-order valence-corrected chi connectivity index (χ2v) is 5.86. The van der Waals surface area contributed by atoms with E-state index in [0.29, 0.717) is 22.3 Å². The van der Waals surface area contributed by atoms with Crippen LogP contribution in [0.5, 0.6) is 0 Å². The van der Waals surface area contributed by atoms with Crippen molar-refractivity contribution in [3.8, 4) is 0 Å². The first-order chi connectivity index (χ1) is 8.95. The molecule has 1 rings (SSSR count). The minimum absolute atomic E-state index is 0.395. The van der Waals surface area contributed by atoms with Gasteiger partial charge in [0.25, 0.3) is 0 Å². The first-order valence-corrected chi connectivity index (χ1v) is 7.59. The van der Waals surface area contributed by atoms with Crippen molar-refractivity contribution in [2.75, 3.05) is 12.9 Å². The van der Waals surface area contributed by atoms with Gasteiger partial charge < -0.3 is 10.5 Å². The van der Waals surface area contributed by atoms with Gasteiger partial charge in [-0.3, -0.25) is 4.79 Å². The molecule has 1 unspecified atom stereocenters. The Kier molecular flexibility index (Phi) is 6.93. The van der Waals surface area contributed by atoms with Gasteiger partial charge in [0, 0.05) is 22.0 Å². The van der Waals surface area contributed by atoms with Crippen LogP contribution < -0.4 is 5.73 Å². The van der Waals surface area contributed by atoms with E-state index in [-0.39, 0.29) is 0 Å². The van der Waals surface area contributed by atoms with E-state index in [1.165, 1.54) is 7.11 Å². The van der Waals surface area contributed by atoms with Crippen LogP contribution in [-0.4, -0.2) is 29.9 Å². The fraction of sp³-hybridized carbons (Fsp3) is 0.500. The third-order valence-electron chi connectivity index (χ3n) is 2.47. The number of hydrogen-bond acceptors (Lipinski definition) is 5. The maximum absolute atomic E-state index is 11.1. The Morgan fingerprint density at radius 2 is 2.26 bits per heavy atom. The molecule has 0 saturated heterocycles. The molecule has 4 nitrogen and oxygen atoms in total. The number of aryl methyl sites for hydroxylation is 1. The second kappa shape index (κ2) is 7.94. The minimum Gasteiger partial charge on any atom is -0.468 e. The first-order valence-electron chi connectivity index (χ1n) is 5.68. The molecule has 1 atom stereocenters. The van der Waals surface area contributed by atoms with E-state index in [4.69, 9.17) is 28.9 Å². The predicted molar refractivity (Wildman–Crippen MR) is 79.8 cm³/mol. The number of rotatable bonds is 6. The lowest BCUT2D eigenvalue weighted by Gasteiger charge is -2.10. The fourth-order valence-electron chi connectivity index (χ4n) is 1.41. The lowest BCUT2D eigenvalue weighted by molar-refractivity contribution is -0.142. The van der Waals surface area contributed by atoms with Crippen molar-refractivity contribution in [3.63, 3.8) is 0 Å². The van der Waals surface area contributed by atoms with Crippen LogP contribution in [0.2, 0.25) is 10.2 Å². The Morgan fingerprint density at radius 1 is 1.58 bits per heavy atom. The number of halogens is 2. The van der Waals surface area contributed by atoms with Gasteiger partial charge in [-0.1, -0.05) is 23.2 Å². The number of carbonyl (C=O) groups is 1. The largest absolute Gasteiger partial charge is 0.468 e. The molecule has 0 fully saturated rings. The summed E-state index contributed by atoms with van der Waals surface area (Å²) < 4.78 is 4.55. The smallest absolute Gasteiger partial charge is 0.322 e. The average Bonchev–Trinajstić information content (AvgIpc) is 2.35. The summed E-state index contributed by atoms with van der Waals surface area (Å²) in [6.07, 6.45) is 0.547. The zero-order valence-electron chi connectivity index (χ0n) is 10.8. The summed E-state index contributed by atoms with van der Waals surface area (Å²) in [4.78, 5) is 15.3. The number of pyridine rings is 1. The van der Waals surface area contributed by atoms with E-state index < -0.39 is 12.0 Å². The third kappa shape index (κ3) is 5.18. The molecule has 0 saturated carbocycles. The van der Waals surface area contributed by atoms with Crippen molar-refractivity contribution in [1.29, 1.82) is 0 Å². The molecule has 2 N–H and O–H groups in total. The third-order valence-corrected chi connectivity index (χ3v) is 4.14. The molecule has 1 aromatic heterocycles. The van der Waals surface area contributed by atoms with Gasteiger partial charge in [0.05, 0.1) is 7.11 Å². The number of esters is 1. The Bertz CT molecular complexity index is 434. The van der Waals surface area contributed by atoms with Crippen LogP contribution in [0.1, 0.15) is 17.7 Å². The zero-order chi connectivity index (χ0) is 14.4. The van der Waals surface area contributed by atoms with E-state index in [0.717, 1.165) is 17.0 Å². The van der Waals surface area contributed by atoms with E-state index in [2.05, 4.69) is 9.72 Å². The molecule has 0 spiro atoms. The summed E-state index contributed by atoms with van der Waals surface area (Å²) >= 11 is 13.8. The van der Waals surface area contributed by atoms with Gasteiger partial charge in [-0.15, -0.1) is 0 Å². The van der Waals surface area contributed by atoms with Crippen LogP contribution in [-0.2, 0) is 15.3 Å². The van der Waals surface area contributed by atoms with Crippen LogP contribution in [0.3, 0.4) is 0 Å². The van der Waals surface area contributed by atoms with Gasteiger partial charge >= 0.3 is 5.97 Å². The van der Waals surface area contributed by atoms with Gasteiger partial charge in [-0.25, -0.2) is 4.98 Å². The monoisotopic (exact) mass is 322 g/mol. The molecule has 7 heteroatoms. The van der Waals surface area contributed by atoms with E-state index >= 15 is 0 Å². The van der Waals surface area contributed by atoms with Gasteiger partial charge in [0.1, 0.15) is 11.2 Å². The normalized spacial score (nSPS) is 12.3. The van der Waals surface area contributed by atoms with Crippen LogP contribution in [0, 0.1) is 6.92 Å². The van der Waals surface area contributed by atoms with Crippen molar-refractivity contribution in [3.05, 3.63) is 27.5 Å². The molecule has 0 aliphatic rings. The predicted octanol–water partition coefficient (Wildman–Crippen LogP) is 2.82. The van der Waals surface area contributed by atoms with E-state index in [1.807, 2.05) is 6.92 Å². The number of carbonyl (C=O) groups excluding carboxylic acids is 1. The van der Waals surface area contributed by atoms with Crippen molar-refractivity contribution in [2.45, 2.75) is 25.1 Å². The van der Waals surface area contributed by atoms with Crippen molar-refractivity contribution < 1.29 is 9.53 Å². The maximum Gasteiger partial charge on any atom is 0.322 e. The summed E-state index contributed by atoms with van der Waals surface area (Å²) in [6.45, 7) is 1.84. The number of nitrogens with zero attached hydrogens (tertiary/aromatic N) is 1. The molecule has 1 aromatic rings. The lowest BCUT2D eigenvalue weighted by Crippen LogP contribution is -2.31. The molecule has 0 bridgehead atoms. The average molecular weight is 323 g/mol. The van der Waals surface area contributed by atoms with Gasteiger partial charge in [0.2, 0.25) is 0 Å². The van der Waals surface area contributed by atoms with Crippen molar-refractivity contribution in [2.24, 2.45) is 5.73 Å². The summed E-state index contributed by atoms with van der Waals surface area (Å²) in [6, 6.07) is 1.20. The molecule has 19 heavy (non-hydrogen) atoms. The molecule has 1 heterocycles. The number of ether oxygens (including phenoxy) is 1. The van der Waals surface area contributed by atoms with Crippen LogP contribution in [0.4, 0.5) is 0 Å². The highest BCUT2D eigenvalue weighted by Gasteiger charge is 2.14. The highest BCUT2D eigenvalue weighted by atomic mass is 35.5.